The van der Waals surface area contributed by atoms with Gasteiger partial charge in [0, 0.05) is 5.39 Å². The third kappa shape index (κ3) is 1.83. The van der Waals surface area contributed by atoms with Crippen molar-refractivity contribution in [2.24, 2.45) is 0 Å². The second kappa shape index (κ2) is 4.53. The SMILES string of the molecule is Cc1c(-c2ccc3c(c2)OCO3)c(=O)oc2ccc(O)cc12. The lowest BCUT2D eigenvalue weighted by atomic mass is 9.99. The molecule has 0 saturated heterocycles. The van der Waals surface area contributed by atoms with Gasteiger partial charge in [-0.2, -0.15) is 0 Å². The van der Waals surface area contributed by atoms with Gasteiger partial charge in [-0.3, -0.25) is 0 Å². The molecule has 5 nitrogen and oxygen atoms in total. The van der Waals surface area contributed by atoms with Crippen molar-refractivity contribution in [2.75, 3.05) is 6.79 Å². The molecule has 0 atom stereocenters. The maximum Gasteiger partial charge on any atom is 0.344 e. The molecule has 1 aliphatic rings. The minimum atomic E-state index is -0.422. The molecular weight excluding hydrogens is 284 g/mol. The number of ether oxygens (including phenoxy) is 2. The van der Waals surface area contributed by atoms with Crippen LogP contribution in [0.1, 0.15) is 5.56 Å². The predicted octanol–water partition coefficient (Wildman–Crippen LogP) is 3.20. The van der Waals surface area contributed by atoms with Crippen molar-refractivity contribution in [1.82, 2.24) is 0 Å². The van der Waals surface area contributed by atoms with Crippen LogP contribution in [0.2, 0.25) is 0 Å². The number of aromatic hydroxyl groups is 1. The molecule has 2 heterocycles. The van der Waals surface area contributed by atoms with Gasteiger partial charge in [-0.25, -0.2) is 4.79 Å². The predicted molar refractivity (Wildman–Crippen MR) is 80.4 cm³/mol. The summed E-state index contributed by atoms with van der Waals surface area (Å²) in [6, 6.07) is 9.98. The van der Waals surface area contributed by atoms with Crippen LogP contribution < -0.4 is 15.1 Å². The van der Waals surface area contributed by atoms with E-state index in [1.54, 1.807) is 30.3 Å². The monoisotopic (exact) mass is 296 g/mol. The van der Waals surface area contributed by atoms with Gasteiger partial charge in [-0.05, 0) is 48.4 Å². The molecule has 0 saturated carbocycles. The highest BCUT2D eigenvalue weighted by Crippen LogP contribution is 2.37. The average molecular weight is 296 g/mol. The van der Waals surface area contributed by atoms with Gasteiger partial charge in [0.1, 0.15) is 11.3 Å². The van der Waals surface area contributed by atoms with E-state index in [1.807, 2.05) is 6.92 Å². The zero-order chi connectivity index (χ0) is 15.3. The number of fused-ring (bicyclic) bond motifs is 2. The molecule has 1 aliphatic heterocycles. The summed E-state index contributed by atoms with van der Waals surface area (Å²) in [6.07, 6.45) is 0. The van der Waals surface area contributed by atoms with Crippen molar-refractivity contribution in [3.8, 4) is 28.4 Å². The lowest BCUT2D eigenvalue weighted by Crippen LogP contribution is -2.05. The molecule has 3 aromatic rings. The summed E-state index contributed by atoms with van der Waals surface area (Å²) in [4.78, 5) is 12.3. The molecule has 0 aliphatic carbocycles. The number of benzene rings is 2. The minimum Gasteiger partial charge on any atom is -0.508 e. The van der Waals surface area contributed by atoms with E-state index in [1.165, 1.54) is 6.07 Å². The Hall–Kier alpha value is -2.95. The van der Waals surface area contributed by atoms with Crippen LogP contribution in [0.15, 0.2) is 45.6 Å². The highest BCUT2D eigenvalue weighted by atomic mass is 16.7. The third-order valence-corrected chi connectivity index (χ3v) is 3.81. The number of hydrogen-bond acceptors (Lipinski definition) is 5. The summed E-state index contributed by atoms with van der Waals surface area (Å²) >= 11 is 0. The van der Waals surface area contributed by atoms with Crippen molar-refractivity contribution in [3.05, 3.63) is 52.4 Å². The minimum absolute atomic E-state index is 0.126. The van der Waals surface area contributed by atoms with Crippen molar-refractivity contribution < 1.29 is 19.0 Å². The Morgan fingerprint density at radius 1 is 1.05 bits per heavy atom. The van der Waals surface area contributed by atoms with E-state index in [0.29, 0.717) is 33.6 Å². The topological polar surface area (TPSA) is 68.9 Å². The van der Waals surface area contributed by atoms with E-state index in [0.717, 1.165) is 5.56 Å². The number of aryl methyl sites for hydroxylation is 1. The summed E-state index contributed by atoms with van der Waals surface area (Å²) in [5.41, 5.74) is 1.93. The van der Waals surface area contributed by atoms with Crippen LogP contribution in [-0.4, -0.2) is 11.9 Å². The molecule has 2 aromatic carbocycles. The van der Waals surface area contributed by atoms with Crippen molar-refractivity contribution in [1.29, 1.82) is 0 Å². The van der Waals surface area contributed by atoms with E-state index in [4.69, 9.17) is 13.9 Å². The van der Waals surface area contributed by atoms with E-state index in [9.17, 15) is 9.90 Å². The number of rotatable bonds is 1. The third-order valence-electron chi connectivity index (χ3n) is 3.81. The first-order valence-electron chi connectivity index (χ1n) is 6.80. The highest BCUT2D eigenvalue weighted by molar-refractivity contribution is 5.87. The molecular formula is C17H12O5. The molecule has 0 bridgehead atoms. The standard InChI is InChI=1S/C17H12O5/c1-9-12-7-11(18)3-5-13(12)22-17(19)16(9)10-2-4-14-15(6-10)21-8-20-14/h2-7,18H,8H2,1H3. The molecule has 1 N–H and O–H groups in total. The van der Waals surface area contributed by atoms with Crippen molar-refractivity contribution >= 4 is 11.0 Å². The maximum atomic E-state index is 12.3. The maximum absolute atomic E-state index is 12.3. The van der Waals surface area contributed by atoms with E-state index in [2.05, 4.69) is 0 Å². The smallest absolute Gasteiger partial charge is 0.344 e. The van der Waals surface area contributed by atoms with E-state index >= 15 is 0 Å². The number of phenolic OH excluding ortho intramolecular Hbond substituents is 1. The Labute approximate surface area is 125 Å². The van der Waals surface area contributed by atoms with Crippen LogP contribution in [0.4, 0.5) is 0 Å². The number of hydrogen-bond donors (Lipinski definition) is 1. The lowest BCUT2D eigenvalue weighted by molar-refractivity contribution is 0.174. The molecule has 0 radical (unpaired) electrons. The van der Waals surface area contributed by atoms with E-state index in [-0.39, 0.29) is 12.5 Å². The summed E-state index contributed by atoms with van der Waals surface area (Å²) in [7, 11) is 0. The Balaban J connectivity index is 2.00. The van der Waals surface area contributed by atoms with Gasteiger partial charge in [0.15, 0.2) is 11.5 Å². The van der Waals surface area contributed by atoms with Gasteiger partial charge in [0.25, 0.3) is 0 Å². The molecule has 22 heavy (non-hydrogen) atoms. The summed E-state index contributed by atoms with van der Waals surface area (Å²) < 4.78 is 16.0. The van der Waals surface area contributed by atoms with Gasteiger partial charge in [0.2, 0.25) is 6.79 Å². The normalized spacial score (nSPS) is 12.8. The molecule has 5 heteroatoms. The second-order valence-corrected chi connectivity index (χ2v) is 5.14. The van der Waals surface area contributed by atoms with Crippen molar-refractivity contribution in [2.45, 2.75) is 6.92 Å². The average Bonchev–Trinajstić information content (AvgIpc) is 2.96. The van der Waals surface area contributed by atoms with Crippen LogP contribution >= 0.6 is 0 Å². The fraction of sp³-hybridized carbons (Fsp3) is 0.118. The fourth-order valence-electron chi connectivity index (χ4n) is 2.73. The molecule has 4 rings (SSSR count). The number of phenols is 1. The molecule has 0 amide bonds. The van der Waals surface area contributed by atoms with E-state index < -0.39 is 5.63 Å². The molecule has 110 valence electrons. The van der Waals surface area contributed by atoms with Crippen LogP contribution in [-0.2, 0) is 0 Å². The van der Waals surface area contributed by atoms with Crippen LogP contribution in [0.25, 0.3) is 22.1 Å². The summed E-state index contributed by atoms with van der Waals surface area (Å²) in [6.45, 7) is 2.01. The van der Waals surface area contributed by atoms with Gasteiger partial charge < -0.3 is 19.0 Å². The van der Waals surface area contributed by atoms with Gasteiger partial charge in [-0.15, -0.1) is 0 Å². The van der Waals surface area contributed by atoms with Gasteiger partial charge in [0.05, 0.1) is 5.56 Å². The Morgan fingerprint density at radius 2 is 1.86 bits per heavy atom. The van der Waals surface area contributed by atoms with Gasteiger partial charge >= 0.3 is 5.63 Å². The second-order valence-electron chi connectivity index (χ2n) is 5.14. The molecule has 0 fully saturated rings. The molecule has 0 spiro atoms. The van der Waals surface area contributed by atoms with Gasteiger partial charge in [-0.1, -0.05) is 6.07 Å². The lowest BCUT2D eigenvalue weighted by Gasteiger charge is -2.09. The fourth-order valence-corrected chi connectivity index (χ4v) is 2.73. The zero-order valence-corrected chi connectivity index (χ0v) is 11.8. The molecule has 1 aromatic heterocycles. The first-order valence-corrected chi connectivity index (χ1v) is 6.80. The first kappa shape index (κ1) is 12.8. The largest absolute Gasteiger partial charge is 0.508 e. The first-order chi connectivity index (χ1) is 10.6. The summed E-state index contributed by atoms with van der Waals surface area (Å²) in [5, 5.41) is 10.4. The highest BCUT2D eigenvalue weighted by Gasteiger charge is 2.18. The summed E-state index contributed by atoms with van der Waals surface area (Å²) in [5.74, 6) is 1.39. The Morgan fingerprint density at radius 3 is 2.73 bits per heavy atom. The van der Waals surface area contributed by atoms with Crippen molar-refractivity contribution in [3.63, 3.8) is 0 Å². The van der Waals surface area contributed by atoms with Crippen LogP contribution in [0, 0.1) is 6.92 Å². The Kier molecular flexibility index (Phi) is 2.63. The zero-order valence-electron chi connectivity index (χ0n) is 11.8. The molecule has 0 unspecified atom stereocenters. The quantitative estimate of drug-likeness (QED) is 0.698. The Bertz CT molecular complexity index is 955. The van der Waals surface area contributed by atoms with Crippen LogP contribution in [0.5, 0.6) is 17.2 Å². The van der Waals surface area contributed by atoms with Crippen LogP contribution in [0.3, 0.4) is 0 Å².